The van der Waals surface area contributed by atoms with Gasteiger partial charge in [-0.25, -0.2) is 4.98 Å². The summed E-state index contributed by atoms with van der Waals surface area (Å²) in [5, 5.41) is 51.4. The summed E-state index contributed by atoms with van der Waals surface area (Å²) in [6, 6.07) is 4.81. The first-order chi connectivity index (χ1) is 22.2. The standard InChI is InChI=1S/C28H26ClN9O7S2.Na/c1-11-4-12-5-16(39)17(40)6-13(12)8-37(11)9-14-10-46-25-15(24(42)38(25)21(14)23-32-35-36-33-23)7-18(41)19(20-22(29)47-27(30)31-20)34-45-28(2,3)26(43)44;/h4-6,8,15,25H,7,9-10H2,1-3H3,(H5,30,31,32,33,35,36,40,43,44);/q;+1/p-1/b34-19+;/t15-,25-;/m1./s1. The second kappa shape index (κ2) is 13.6. The summed E-state index contributed by atoms with van der Waals surface area (Å²) in [5.74, 6) is -3.29. The normalized spacial score (nSPS) is 18.0. The number of amides is 1. The molecule has 1 fully saturated rings. The van der Waals surface area contributed by atoms with Gasteiger partial charge in [-0.15, -0.1) is 11.8 Å². The monoisotopic (exact) mass is 721 g/mol. The zero-order chi connectivity index (χ0) is 33.8. The number of carbonyl (C=O) groups is 3. The summed E-state index contributed by atoms with van der Waals surface area (Å²) >= 11 is 8.59. The van der Waals surface area contributed by atoms with Gasteiger partial charge in [-0.3, -0.25) is 24.8 Å². The van der Waals surface area contributed by atoms with Gasteiger partial charge in [0.05, 0.1) is 28.8 Å². The molecule has 4 N–H and O–H groups in total. The summed E-state index contributed by atoms with van der Waals surface area (Å²) in [5.41, 5.74) is 5.48. The number of phenols is 2. The third kappa shape index (κ3) is 6.59. The summed E-state index contributed by atoms with van der Waals surface area (Å²) in [6.07, 6.45) is 1.51. The Bertz CT molecular complexity index is 2020. The van der Waals surface area contributed by atoms with E-state index in [9.17, 15) is 29.7 Å². The Balaban J connectivity index is 0.00000451. The van der Waals surface area contributed by atoms with Crippen molar-refractivity contribution in [3.8, 4) is 11.5 Å². The minimum Gasteiger partial charge on any atom is -0.546 e. The molecule has 6 rings (SSSR count). The van der Waals surface area contributed by atoms with Crippen LogP contribution in [0.3, 0.4) is 0 Å². The van der Waals surface area contributed by atoms with Crippen molar-refractivity contribution in [1.29, 1.82) is 0 Å². The van der Waals surface area contributed by atoms with E-state index in [1.807, 2.05) is 23.8 Å². The van der Waals surface area contributed by atoms with E-state index < -0.39 is 28.6 Å². The summed E-state index contributed by atoms with van der Waals surface area (Å²) < 4.78 is 1.97. The van der Waals surface area contributed by atoms with E-state index in [1.54, 1.807) is 0 Å². The number of hydrogen-bond acceptors (Lipinski definition) is 15. The van der Waals surface area contributed by atoms with Gasteiger partial charge in [-0.05, 0) is 31.4 Å². The maximum atomic E-state index is 13.7. The first kappa shape index (κ1) is 35.5. The number of Topliss-reactive ketones (excluding diaryl/α,β-unsaturated/α-hetero) is 1. The van der Waals surface area contributed by atoms with E-state index >= 15 is 0 Å². The molecule has 0 spiro atoms. The molecule has 4 aromatic rings. The van der Waals surface area contributed by atoms with Crippen LogP contribution in [0.5, 0.6) is 11.5 Å². The number of pyridine rings is 1. The molecule has 2 aliphatic heterocycles. The van der Waals surface area contributed by atoms with Crippen molar-refractivity contribution >= 4 is 79.7 Å². The molecule has 48 heavy (non-hydrogen) atoms. The molecule has 1 aromatic carbocycles. The number of aromatic nitrogens is 6. The number of aliphatic carboxylic acids is 1. The van der Waals surface area contributed by atoms with Crippen molar-refractivity contribution < 1.29 is 68.7 Å². The molecule has 5 heterocycles. The molecule has 0 bridgehead atoms. The molecule has 3 aromatic heterocycles. The largest absolute Gasteiger partial charge is 1.00 e. The van der Waals surface area contributed by atoms with Gasteiger partial charge in [0.1, 0.15) is 10.0 Å². The number of aromatic hydroxyl groups is 2. The third-order valence-corrected chi connectivity index (χ3v) is 10.2. The Morgan fingerprint density at radius 1 is 1.27 bits per heavy atom. The second-order valence-electron chi connectivity index (χ2n) is 11.3. The SMILES string of the molecule is Cc1cc2cc(O)c(O)cc2c[n+]1CC1=C(c2nnn[n-]2)N2C(=O)[C@@H](CC(=O)/C(=N\OC(C)(C)C(=O)[O-])c3nc(N)sc3Cl)[C@H]2SC1.[Na+]. The van der Waals surface area contributed by atoms with E-state index in [2.05, 4.69) is 30.8 Å². The summed E-state index contributed by atoms with van der Waals surface area (Å²) in [7, 11) is 0. The quantitative estimate of drug-likeness (QED) is 0.0385. The van der Waals surface area contributed by atoms with Crippen LogP contribution < -0.4 is 50.1 Å². The Hall–Kier alpha value is -3.81. The Morgan fingerprint density at radius 3 is 2.60 bits per heavy atom. The van der Waals surface area contributed by atoms with Crippen molar-refractivity contribution in [3.63, 3.8) is 0 Å². The number of carboxylic acids is 1. The summed E-state index contributed by atoms with van der Waals surface area (Å²) in [4.78, 5) is 49.6. The van der Waals surface area contributed by atoms with Gasteiger partial charge in [0.2, 0.25) is 5.91 Å². The number of nitrogen functional groups attached to an aromatic ring is 1. The van der Waals surface area contributed by atoms with Crippen LogP contribution >= 0.6 is 34.7 Å². The van der Waals surface area contributed by atoms with Crippen LogP contribution in [0.15, 0.2) is 35.1 Å². The van der Waals surface area contributed by atoms with Crippen molar-refractivity contribution in [2.75, 3.05) is 11.5 Å². The minimum atomic E-state index is -1.89. The smallest absolute Gasteiger partial charge is 0.546 e. The fourth-order valence-electron chi connectivity index (χ4n) is 5.17. The maximum absolute atomic E-state index is 13.7. The number of β-lactam (4-membered cyclic amide) rings is 1. The van der Waals surface area contributed by atoms with Gasteiger partial charge < -0.3 is 35.8 Å². The zero-order valence-corrected chi connectivity index (χ0v) is 30.3. The van der Waals surface area contributed by atoms with Gasteiger partial charge in [0.15, 0.2) is 52.2 Å². The number of aryl methyl sites for hydroxylation is 1. The van der Waals surface area contributed by atoms with E-state index in [4.69, 9.17) is 22.2 Å². The molecule has 244 valence electrons. The predicted octanol–water partition coefficient (Wildman–Crippen LogP) is -2.46. The number of nitrogens with two attached hydrogens (primary N) is 1. The van der Waals surface area contributed by atoms with E-state index in [1.165, 1.54) is 42.6 Å². The molecule has 2 atom stereocenters. The number of thioether (sulfide) groups is 1. The average molecular weight is 722 g/mol. The number of fused-ring (bicyclic) bond motifs is 2. The van der Waals surface area contributed by atoms with Crippen molar-refractivity contribution in [2.45, 2.75) is 44.7 Å². The number of hydrogen-bond donors (Lipinski definition) is 3. The number of rotatable bonds is 10. The molecule has 0 saturated carbocycles. The number of carboxylic acid groups (broad SMARTS) is 1. The molecule has 1 amide bonds. The van der Waals surface area contributed by atoms with Gasteiger partial charge >= 0.3 is 29.6 Å². The fraction of sp³-hybridized carbons (Fsp3) is 0.321. The van der Waals surface area contributed by atoms with E-state index in [-0.39, 0.29) is 80.1 Å². The number of anilines is 1. The number of phenolic OH excluding ortho intramolecular Hbond substituents is 2. The van der Waals surface area contributed by atoms with Gasteiger partial charge in [0, 0.05) is 36.1 Å². The van der Waals surface area contributed by atoms with Crippen LogP contribution in [0.4, 0.5) is 5.13 Å². The van der Waals surface area contributed by atoms with Gasteiger partial charge in [-0.2, -0.15) is 9.78 Å². The topological polar surface area (TPSA) is 235 Å². The number of benzene rings is 1. The number of carbonyl (C=O) groups excluding carboxylic acids is 3. The average Bonchev–Trinajstić information content (AvgIpc) is 3.66. The zero-order valence-electron chi connectivity index (χ0n) is 25.9. The van der Waals surface area contributed by atoms with Crippen LogP contribution in [0.2, 0.25) is 4.34 Å². The molecular weight excluding hydrogens is 697 g/mol. The second-order valence-corrected chi connectivity index (χ2v) is 14.1. The first-order valence-corrected chi connectivity index (χ1v) is 16.1. The molecule has 0 radical (unpaired) electrons. The van der Waals surface area contributed by atoms with Crippen LogP contribution in [-0.4, -0.2) is 75.7 Å². The van der Waals surface area contributed by atoms with Gasteiger partial charge in [0.25, 0.3) is 0 Å². The molecule has 16 nitrogen and oxygen atoms in total. The van der Waals surface area contributed by atoms with Crippen molar-refractivity contribution in [2.24, 2.45) is 11.1 Å². The van der Waals surface area contributed by atoms with Crippen LogP contribution in [0.25, 0.3) is 16.5 Å². The van der Waals surface area contributed by atoms with Gasteiger partial charge in [-0.1, -0.05) is 28.1 Å². The van der Waals surface area contributed by atoms with Crippen molar-refractivity contribution in [1.82, 2.24) is 30.5 Å². The van der Waals surface area contributed by atoms with Crippen LogP contribution in [0.1, 0.15) is 37.5 Å². The molecular formula is C28H25ClN9NaO7S2. The molecule has 1 saturated heterocycles. The van der Waals surface area contributed by atoms with E-state index in [0.29, 0.717) is 23.4 Å². The Morgan fingerprint density at radius 2 is 1.98 bits per heavy atom. The molecule has 0 aliphatic carbocycles. The number of ketones is 1. The summed E-state index contributed by atoms with van der Waals surface area (Å²) in [6.45, 7) is 4.61. The minimum absolute atomic E-state index is 0. The maximum Gasteiger partial charge on any atom is 1.00 e. The predicted molar refractivity (Wildman–Crippen MR) is 167 cm³/mol. The number of halogens is 1. The first-order valence-electron chi connectivity index (χ1n) is 13.9. The van der Waals surface area contributed by atoms with Crippen LogP contribution in [-0.2, 0) is 25.8 Å². The van der Waals surface area contributed by atoms with Crippen molar-refractivity contribution in [3.05, 3.63) is 51.5 Å². The van der Waals surface area contributed by atoms with Crippen LogP contribution in [0, 0.1) is 12.8 Å². The fourth-order valence-corrected chi connectivity index (χ4v) is 7.50. The molecule has 2 aliphatic rings. The number of nitrogens with zero attached hydrogens (tertiary/aromatic N) is 8. The Kier molecular flexibility index (Phi) is 10.1. The third-order valence-electron chi connectivity index (χ3n) is 7.69. The number of thiazole rings is 1. The molecule has 0 unspecified atom stereocenters. The number of oxime groups is 1. The molecule has 20 heteroatoms. The van der Waals surface area contributed by atoms with E-state index in [0.717, 1.165) is 28.0 Å². The Labute approximate surface area is 307 Å². The number of tetrazole rings is 1.